The Kier molecular flexibility index (Phi) is 3.12. The van der Waals surface area contributed by atoms with Crippen molar-refractivity contribution < 1.29 is 4.74 Å². The van der Waals surface area contributed by atoms with Gasteiger partial charge in [0.15, 0.2) is 0 Å². The van der Waals surface area contributed by atoms with Gasteiger partial charge in [0.1, 0.15) is 0 Å². The van der Waals surface area contributed by atoms with Crippen LogP contribution in [0.1, 0.15) is 26.7 Å². The van der Waals surface area contributed by atoms with Gasteiger partial charge in [-0.1, -0.05) is 19.9 Å². The first-order chi connectivity index (χ1) is 6.75. The molecule has 2 nitrogen and oxygen atoms in total. The summed E-state index contributed by atoms with van der Waals surface area (Å²) < 4.78 is 5.38. The van der Waals surface area contributed by atoms with Crippen LogP contribution in [0.4, 0.5) is 0 Å². The Hall–Kier alpha value is -0.500. The summed E-state index contributed by atoms with van der Waals surface area (Å²) in [5, 5.41) is 0. The van der Waals surface area contributed by atoms with E-state index in [4.69, 9.17) is 4.74 Å². The van der Waals surface area contributed by atoms with Crippen molar-refractivity contribution in [2.24, 2.45) is 11.8 Å². The second-order valence-electron chi connectivity index (χ2n) is 4.78. The molecule has 2 heteroatoms. The lowest BCUT2D eigenvalue weighted by Gasteiger charge is -2.35. The molecular formula is C12H21NO. The molecule has 1 heterocycles. The second kappa shape index (κ2) is 4.35. The highest BCUT2D eigenvalue weighted by molar-refractivity contribution is 5.08. The molecular weight excluding hydrogens is 174 g/mol. The molecule has 2 aliphatic rings. The van der Waals surface area contributed by atoms with Gasteiger partial charge >= 0.3 is 0 Å². The van der Waals surface area contributed by atoms with Gasteiger partial charge in [-0.3, -0.25) is 0 Å². The standard InChI is InChI=1S/C12H21NO/c1-10-7-11(2)9-12(8-10)13-3-5-14-6-4-13/h8,10-11H,3-7,9H2,1-2H3. The zero-order valence-electron chi connectivity index (χ0n) is 9.33. The third kappa shape index (κ3) is 2.30. The lowest BCUT2D eigenvalue weighted by molar-refractivity contribution is 0.0495. The van der Waals surface area contributed by atoms with Crippen molar-refractivity contribution in [2.75, 3.05) is 26.3 Å². The molecule has 2 unspecified atom stereocenters. The molecule has 1 saturated heterocycles. The molecule has 0 spiro atoms. The van der Waals surface area contributed by atoms with E-state index in [0.717, 1.165) is 38.1 Å². The molecule has 14 heavy (non-hydrogen) atoms. The summed E-state index contributed by atoms with van der Waals surface area (Å²) in [6.07, 6.45) is 5.09. The third-order valence-electron chi connectivity index (χ3n) is 3.23. The van der Waals surface area contributed by atoms with Gasteiger partial charge in [0.2, 0.25) is 0 Å². The number of hydrogen-bond donors (Lipinski definition) is 0. The van der Waals surface area contributed by atoms with Crippen LogP contribution >= 0.6 is 0 Å². The molecule has 1 aliphatic carbocycles. The van der Waals surface area contributed by atoms with Gasteiger partial charge < -0.3 is 9.64 Å². The Morgan fingerprint density at radius 3 is 2.64 bits per heavy atom. The van der Waals surface area contributed by atoms with Crippen LogP contribution in [0.3, 0.4) is 0 Å². The SMILES string of the molecule is CC1C=C(N2CCOCC2)CC(C)C1. The van der Waals surface area contributed by atoms with Crippen LogP contribution < -0.4 is 0 Å². The van der Waals surface area contributed by atoms with Gasteiger partial charge in [-0.15, -0.1) is 0 Å². The van der Waals surface area contributed by atoms with E-state index in [1.165, 1.54) is 12.8 Å². The lowest BCUT2D eigenvalue weighted by atomic mass is 9.86. The van der Waals surface area contributed by atoms with E-state index in [-0.39, 0.29) is 0 Å². The zero-order chi connectivity index (χ0) is 9.97. The first-order valence-electron chi connectivity index (χ1n) is 5.79. The Bertz CT molecular complexity index is 218. The van der Waals surface area contributed by atoms with Crippen LogP contribution in [-0.2, 0) is 4.74 Å². The highest BCUT2D eigenvalue weighted by Crippen LogP contribution is 2.29. The molecule has 0 aromatic heterocycles. The molecule has 0 bridgehead atoms. The monoisotopic (exact) mass is 195 g/mol. The minimum atomic E-state index is 0.761. The van der Waals surface area contributed by atoms with E-state index in [0.29, 0.717) is 0 Å². The Morgan fingerprint density at radius 2 is 2.00 bits per heavy atom. The van der Waals surface area contributed by atoms with Gasteiger partial charge in [0.25, 0.3) is 0 Å². The number of allylic oxidation sites excluding steroid dienone is 2. The Balaban J connectivity index is 2.01. The number of morpholine rings is 1. The number of ether oxygens (including phenoxy) is 1. The second-order valence-corrected chi connectivity index (χ2v) is 4.78. The molecule has 0 radical (unpaired) electrons. The van der Waals surface area contributed by atoms with Crippen LogP contribution in [0.5, 0.6) is 0 Å². The molecule has 80 valence electrons. The molecule has 0 N–H and O–H groups in total. The van der Waals surface area contributed by atoms with Gasteiger partial charge in [0, 0.05) is 18.8 Å². The minimum absolute atomic E-state index is 0.761. The predicted octanol–water partition coefficient (Wildman–Crippen LogP) is 2.27. The minimum Gasteiger partial charge on any atom is -0.378 e. The molecule has 2 atom stereocenters. The Labute approximate surface area is 86.9 Å². The predicted molar refractivity (Wildman–Crippen MR) is 58.0 cm³/mol. The summed E-state index contributed by atoms with van der Waals surface area (Å²) in [4.78, 5) is 2.51. The average molecular weight is 195 g/mol. The highest BCUT2D eigenvalue weighted by Gasteiger charge is 2.21. The molecule has 1 fully saturated rings. The summed E-state index contributed by atoms with van der Waals surface area (Å²) in [6, 6.07) is 0. The topological polar surface area (TPSA) is 12.5 Å². The van der Waals surface area contributed by atoms with Crippen LogP contribution in [0.2, 0.25) is 0 Å². The summed E-state index contributed by atoms with van der Waals surface area (Å²) in [5.74, 6) is 1.62. The number of hydrogen-bond acceptors (Lipinski definition) is 2. The van der Waals surface area contributed by atoms with E-state index >= 15 is 0 Å². The van der Waals surface area contributed by atoms with Crippen molar-refractivity contribution in [1.29, 1.82) is 0 Å². The molecule has 0 amide bonds. The van der Waals surface area contributed by atoms with Gasteiger partial charge in [-0.25, -0.2) is 0 Å². The maximum Gasteiger partial charge on any atom is 0.0642 e. The smallest absolute Gasteiger partial charge is 0.0642 e. The number of rotatable bonds is 1. The first kappa shape index (κ1) is 10.0. The van der Waals surface area contributed by atoms with Crippen molar-refractivity contribution in [1.82, 2.24) is 4.90 Å². The van der Waals surface area contributed by atoms with Crippen LogP contribution in [0.15, 0.2) is 11.8 Å². The van der Waals surface area contributed by atoms with Gasteiger partial charge in [-0.2, -0.15) is 0 Å². The van der Waals surface area contributed by atoms with E-state index in [2.05, 4.69) is 24.8 Å². The van der Waals surface area contributed by atoms with Gasteiger partial charge in [0.05, 0.1) is 13.2 Å². The molecule has 0 aromatic carbocycles. The fraction of sp³-hybridized carbons (Fsp3) is 0.833. The quantitative estimate of drug-likeness (QED) is 0.636. The van der Waals surface area contributed by atoms with Crippen molar-refractivity contribution in [2.45, 2.75) is 26.7 Å². The Morgan fingerprint density at radius 1 is 1.29 bits per heavy atom. The van der Waals surface area contributed by atoms with Crippen molar-refractivity contribution in [3.05, 3.63) is 11.8 Å². The zero-order valence-corrected chi connectivity index (χ0v) is 9.33. The van der Waals surface area contributed by atoms with E-state index in [1.54, 1.807) is 5.70 Å². The van der Waals surface area contributed by atoms with E-state index in [1.807, 2.05) is 0 Å². The first-order valence-corrected chi connectivity index (χ1v) is 5.79. The summed E-state index contributed by atoms with van der Waals surface area (Å²) >= 11 is 0. The summed E-state index contributed by atoms with van der Waals surface area (Å²) in [6.45, 7) is 8.68. The summed E-state index contributed by atoms with van der Waals surface area (Å²) in [5.41, 5.74) is 1.57. The number of nitrogens with zero attached hydrogens (tertiary/aromatic N) is 1. The van der Waals surface area contributed by atoms with Crippen molar-refractivity contribution in [3.8, 4) is 0 Å². The highest BCUT2D eigenvalue weighted by atomic mass is 16.5. The largest absolute Gasteiger partial charge is 0.378 e. The van der Waals surface area contributed by atoms with Crippen molar-refractivity contribution >= 4 is 0 Å². The third-order valence-corrected chi connectivity index (χ3v) is 3.23. The molecule has 1 aliphatic heterocycles. The van der Waals surface area contributed by atoms with Gasteiger partial charge in [-0.05, 0) is 24.7 Å². The average Bonchev–Trinajstić information content (AvgIpc) is 2.18. The summed E-state index contributed by atoms with van der Waals surface area (Å²) in [7, 11) is 0. The fourth-order valence-electron chi connectivity index (χ4n) is 2.62. The molecule has 2 rings (SSSR count). The van der Waals surface area contributed by atoms with Crippen LogP contribution in [0.25, 0.3) is 0 Å². The fourth-order valence-corrected chi connectivity index (χ4v) is 2.62. The maximum atomic E-state index is 5.38. The van der Waals surface area contributed by atoms with Crippen LogP contribution in [-0.4, -0.2) is 31.2 Å². The molecule has 0 aromatic rings. The van der Waals surface area contributed by atoms with E-state index < -0.39 is 0 Å². The maximum absolute atomic E-state index is 5.38. The van der Waals surface area contributed by atoms with E-state index in [9.17, 15) is 0 Å². The lowest BCUT2D eigenvalue weighted by Crippen LogP contribution is -2.37. The molecule has 0 saturated carbocycles. The van der Waals surface area contributed by atoms with Crippen molar-refractivity contribution in [3.63, 3.8) is 0 Å². The van der Waals surface area contributed by atoms with Crippen LogP contribution in [0, 0.1) is 11.8 Å². The normalized spacial score (nSPS) is 34.1.